The zero-order valence-corrected chi connectivity index (χ0v) is 10.7. The van der Waals surface area contributed by atoms with Crippen molar-refractivity contribution in [1.82, 2.24) is 14.4 Å². The molecule has 0 radical (unpaired) electrons. The Labute approximate surface area is 107 Å². The monoisotopic (exact) mass is 245 g/mol. The molecular weight excluding hydrogens is 226 g/mol. The van der Waals surface area contributed by atoms with E-state index < -0.39 is 0 Å². The van der Waals surface area contributed by atoms with Crippen LogP contribution in [0.25, 0.3) is 5.65 Å². The predicted molar refractivity (Wildman–Crippen MR) is 72.7 cm³/mol. The first kappa shape index (κ1) is 11.3. The van der Waals surface area contributed by atoms with Crippen LogP contribution < -0.4 is 10.6 Å². The number of imidazole rings is 1. The van der Waals surface area contributed by atoms with Gasteiger partial charge in [-0.05, 0) is 12.8 Å². The molecule has 2 N–H and O–H groups in total. The smallest absolute Gasteiger partial charge is 0.180 e. The number of aromatic nitrogens is 3. The molecular formula is C13H19N5. The van der Waals surface area contributed by atoms with Gasteiger partial charge in [-0.25, -0.2) is 9.97 Å². The van der Waals surface area contributed by atoms with E-state index in [-0.39, 0.29) is 0 Å². The minimum absolute atomic E-state index is 0.540. The third-order valence-electron chi connectivity index (χ3n) is 3.83. The Morgan fingerprint density at radius 2 is 2.11 bits per heavy atom. The number of hydrogen-bond donors (Lipinski definition) is 1. The van der Waals surface area contributed by atoms with Crippen molar-refractivity contribution in [2.75, 3.05) is 17.7 Å². The topological polar surface area (TPSA) is 59.5 Å². The van der Waals surface area contributed by atoms with E-state index in [2.05, 4.69) is 21.9 Å². The third-order valence-corrected chi connectivity index (χ3v) is 3.83. The SMILES string of the molecule is CN(c1nc(N)cn2ccnc12)C1CCCCC1. The molecule has 0 aliphatic heterocycles. The summed E-state index contributed by atoms with van der Waals surface area (Å²) in [4.78, 5) is 11.1. The van der Waals surface area contributed by atoms with E-state index in [0.29, 0.717) is 11.9 Å². The van der Waals surface area contributed by atoms with Gasteiger partial charge in [-0.3, -0.25) is 0 Å². The second-order valence-corrected chi connectivity index (χ2v) is 5.05. The van der Waals surface area contributed by atoms with Crippen molar-refractivity contribution >= 4 is 17.3 Å². The zero-order chi connectivity index (χ0) is 12.5. The van der Waals surface area contributed by atoms with Gasteiger partial charge in [0.2, 0.25) is 0 Å². The van der Waals surface area contributed by atoms with Crippen LogP contribution >= 0.6 is 0 Å². The summed E-state index contributed by atoms with van der Waals surface area (Å²) >= 11 is 0. The molecule has 2 aromatic heterocycles. The highest BCUT2D eigenvalue weighted by atomic mass is 15.2. The van der Waals surface area contributed by atoms with Gasteiger partial charge in [0.1, 0.15) is 5.82 Å². The van der Waals surface area contributed by atoms with E-state index in [0.717, 1.165) is 11.5 Å². The Morgan fingerprint density at radius 3 is 2.89 bits per heavy atom. The maximum atomic E-state index is 5.86. The highest BCUT2D eigenvalue weighted by Crippen LogP contribution is 2.27. The number of fused-ring (bicyclic) bond motifs is 1. The summed E-state index contributed by atoms with van der Waals surface area (Å²) < 4.78 is 1.94. The van der Waals surface area contributed by atoms with Crippen LogP contribution in [-0.2, 0) is 0 Å². The molecule has 5 heteroatoms. The number of nitrogens with zero attached hydrogens (tertiary/aromatic N) is 4. The lowest BCUT2D eigenvalue weighted by molar-refractivity contribution is 0.426. The van der Waals surface area contributed by atoms with E-state index >= 15 is 0 Å². The maximum Gasteiger partial charge on any atom is 0.180 e. The summed E-state index contributed by atoms with van der Waals surface area (Å²) in [7, 11) is 2.10. The Bertz CT molecular complexity index is 541. The predicted octanol–water partition coefficient (Wildman–Crippen LogP) is 2.08. The van der Waals surface area contributed by atoms with Crippen LogP contribution in [0.2, 0.25) is 0 Å². The summed E-state index contributed by atoms with van der Waals surface area (Å²) in [6.45, 7) is 0. The number of nitrogen functional groups attached to an aromatic ring is 1. The minimum atomic E-state index is 0.540. The van der Waals surface area contributed by atoms with Gasteiger partial charge in [-0.2, -0.15) is 0 Å². The highest BCUT2D eigenvalue weighted by Gasteiger charge is 2.21. The summed E-state index contributed by atoms with van der Waals surface area (Å²) in [6.07, 6.45) is 11.9. The average molecular weight is 245 g/mol. The molecule has 0 bridgehead atoms. The summed E-state index contributed by atoms with van der Waals surface area (Å²) in [6, 6.07) is 0.563. The molecule has 1 saturated carbocycles. The van der Waals surface area contributed by atoms with Crippen LogP contribution in [0, 0.1) is 0 Å². The third kappa shape index (κ3) is 1.89. The average Bonchev–Trinajstić information content (AvgIpc) is 2.86. The fourth-order valence-corrected chi connectivity index (χ4v) is 2.81. The first-order chi connectivity index (χ1) is 8.75. The van der Waals surface area contributed by atoms with Crippen LogP contribution in [-0.4, -0.2) is 27.5 Å². The largest absolute Gasteiger partial charge is 0.382 e. The second-order valence-electron chi connectivity index (χ2n) is 5.05. The maximum absolute atomic E-state index is 5.86. The normalized spacial score (nSPS) is 17.2. The molecule has 1 aliphatic rings. The summed E-state index contributed by atoms with van der Waals surface area (Å²) in [5.74, 6) is 1.44. The lowest BCUT2D eigenvalue weighted by atomic mass is 9.94. The molecule has 96 valence electrons. The molecule has 0 spiro atoms. The number of hydrogen-bond acceptors (Lipinski definition) is 4. The van der Waals surface area contributed by atoms with E-state index in [1.165, 1.54) is 32.1 Å². The standard InChI is InChI=1S/C13H19N5/c1-17(10-5-3-2-4-6-10)13-12-15-7-8-18(12)9-11(14)16-13/h7-10H,2-6,14H2,1H3. The minimum Gasteiger partial charge on any atom is -0.382 e. The Hall–Kier alpha value is -1.78. The molecule has 2 aromatic rings. The van der Waals surface area contributed by atoms with Gasteiger partial charge < -0.3 is 15.0 Å². The molecule has 0 amide bonds. The van der Waals surface area contributed by atoms with Gasteiger partial charge in [0, 0.05) is 25.5 Å². The Kier molecular flexibility index (Phi) is 2.81. The Morgan fingerprint density at radius 1 is 1.33 bits per heavy atom. The van der Waals surface area contributed by atoms with Gasteiger partial charge in [-0.1, -0.05) is 19.3 Å². The van der Waals surface area contributed by atoms with Crippen LogP contribution in [0.3, 0.4) is 0 Å². The van der Waals surface area contributed by atoms with E-state index in [9.17, 15) is 0 Å². The Balaban J connectivity index is 1.99. The van der Waals surface area contributed by atoms with Crippen molar-refractivity contribution in [2.45, 2.75) is 38.1 Å². The number of nitrogens with two attached hydrogens (primary N) is 1. The van der Waals surface area contributed by atoms with E-state index in [1.807, 2.05) is 10.6 Å². The molecule has 3 rings (SSSR count). The van der Waals surface area contributed by atoms with Crippen LogP contribution in [0.15, 0.2) is 18.6 Å². The first-order valence-electron chi connectivity index (χ1n) is 6.58. The van der Waals surface area contributed by atoms with Crippen LogP contribution in [0.5, 0.6) is 0 Å². The van der Waals surface area contributed by atoms with Gasteiger partial charge in [0.15, 0.2) is 11.5 Å². The number of anilines is 2. The first-order valence-corrected chi connectivity index (χ1v) is 6.58. The fraction of sp³-hybridized carbons (Fsp3) is 0.538. The van der Waals surface area contributed by atoms with Gasteiger partial charge in [0.05, 0.1) is 6.20 Å². The summed E-state index contributed by atoms with van der Waals surface area (Å²) in [5, 5.41) is 0. The molecule has 1 aliphatic carbocycles. The molecule has 5 nitrogen and oxygen atoms in total. The van der Waals surface area contributed by atoms with Crippen molar-refractivity contribution in [1.29, 1.82) is 0 Å². The number of rotatable bonds is 2. The molecule has 1 fully saturated rings. The van der Waals surface area contributed by atoms with Crippen molar-refractivity contribution in [2.24, 2.45) is 0 Å². The molecule has 0 atom stereocenters. The van der Waals surface area contributed by atoms with E-state index in [1.54, 1.807) is 12.4 Å². The fourth-order valence-electron chi connectivity index (χ4n) is 2.81. The van der Waals surface area contributed by atoms with Crippen molar-refractivity contribution in [3.8, 4) is 0 Å². The molecule has 18 heavy (non-hydrogen) atoms. The van der Waals surface area contributed by atoms with E-state index in [4.69, 9.17) is 5.73 Å². The van der Waals surface area contributed by atoms with Gasteiger partial charge in [-0.15, -0.1) is 0 Å². The highest BCUT2D eigenvalue weighted by molar-refractivity contribution is 5.66. The van der Waals surface area contributed by atoms with Crippen molar-refractivity contribution in [3.05, 3.63) is 18.6 Å². The van der Waals surface area contributed by atoms with Gasteiger partial charge in [0.25, 0.3) is 0 Å². The van der Waals surface area contributed by atoms with Crippen molar-refractivity contribution < 1.29 is 0 Å². The lowest BCUT2D eigenvalue weighted by Crippen LogP contribution is -2.34. The summed E-state index contributed by atoms with van der Waals surface area (Å²) in [5.41, 5.74) is 6.75. The molecule has 2 heterocycles. The zero-order valence-electron chi connectivity index (χ0n) is 10.7. The molecule has 0 unspecified atom stereocenters. The second kappa shape index (κ2) is 4.48. The van der Waals surface area contributed by atoms with Crippen LogP contribution in [0.4, 0.5) is 11.6 Å². The lowest BCUT2D eigenvalue weighted by Gasteiger charge is -2.32. The quantitative estimate of drug-likeness (QED) is 0.880. The molecule has 0 aromatic carbocycles. The van der Waals surface area contributed by atoms with Crippen LogP contribution in [0.1, 0.15) is 32.1 Å². The van der Waals surface area contributed by atoms with Gasteiger partial charge >= 0.3 is 0 Å². The molecule has 0 saturated heterocycles. The van der Waals surface area contributed by atoms with Crippen molar-refractivity contribution in [3.63, 3.8) is 0 Å².